The Morgan fingerprint density at radius 1 is 1.20 bits per heavy atom. The molecule has 0 aliphatic carbocycles. The Morgan fingerprint density at radius 2 is 1.90 bits per heavy atom. The fraction of sp³-hybridized carbons (Fsp3) is 0.133. The van der Waals surface area contributed by atoms with E-state index in [-0.39, 0.29) is 12.5 Å². The van der Waals surface area contributed by atoms with Crippen LogP contribution in [0, 0.1) is 12.7 Å². The Kier molecular flexibility index (Phi) is 4.74. The zero-order chi connectivity index (χ0) is 14.5. The summed E-state index contributed by atoms with van der Waals surface area (Å²) >= 11 is 3.18. The highest BCUT2D eigenvalue weighted by Gasteiger charge is 2.05. The summed E-state index contributed by atoms with van der Waals surface area (Å²) in [6, 6.07) is 12.1. The van der Waals surface area contributed by atoms with Gasteiger partial charge in [-0.15, -0.1) is 0 Å². The van der Waals surface area contributed by atoms with Crippen LogP contribution < -0.4 is 10.6 Å². The fourth-order valence-electron chi connectivity index (χ4n) is 1.65. The molecule has 5 heteroatoms. The van der Waals surface area contributed by atoms with Gasteiger partial charge < -0.3 is 10.6 Å². The Morgan fingerprint density at radius 3 is 2.55 bits per heavy atom. The normalized spacial score (nSPS) is 10.2. The lowest BCUT2D eigenvalue weighted by molar-refractivity contribution is -0.114. The van der Waals surface area contributed by atoms with E-state index in [1.54, 1.807) is 12.1 Å². The monoisotopic (exact) mass is 336 g/mol. The van der Waals surface area contributed by atoms with E-state index in [4.69, 9.17) is 0 Å². The maximum absolute atomic E-state index is 13.5. The van der Waals surface area contributed by atoms with Gasteiger partial charge in [-0.25, -0.2) is 4.39 Å². The first-order valence-corrected chi connectivity index (χ1v) is 6.89. The van der Waals surface area contributed by atoms with E-state index in [1.807, 2.05) is 31.2 Å². The van der Waals surface area contributed by atoms with Crippen LogP contribution in [0.1, 0.15) is 5.56 Å². The van der Waals surface area contributed by atoms with Crippen LogP contribution in [0.15, 0.2) is 46.9 Å². The van der Waals surface area contributed by atoms with Crippen molar-refractivity contribution in [1.82, 2.24) is 0 Å². The van der Waals surface area contributed by atoms with Gasteiger partial charge in [-0.05, 0) is 37.3 Å². The number of halogens is 2. The summed E-state index contributed by atoms with van der Waals surface area (Å²) in [5.41, 5.74) is 2.14. The zero-order valence-corrected chi connectivity index (χ0v) is 12.5. The number of anilines is 2. The van der Waals surface area contributed by atoms with Gasteiger partial charge in [0.1, 0.15) is 5.82 Å². The minimum Gasteiger partial charge on any atom is -0.374 e. The number of benzene rings is 2. The number of carbonyl (C=O) groups excluding carboxylic acids is 1. The average molecular weight is 337 g/mol. The fourth-order valence-corrected chi connectivity index (χ4v) is 1.98. The number of hydrogen-bond donors (Lipinski definition) is 2. The quantitative estimate of drug-likeness (QED) is 0.887. The minimum absolute atomic E-state index is 0.00638. The van der Waals surface area contributed by atoms with Crippen molar-refractivity contribution in [3.8, 4) is 0 Å². The third-order valence-electron chi connectivity index (χ3n) is 2.71. The van der Waals surface area contributed by atoms with Gasteiger partial charge in [0.15, 0.2) is 0 Å². The molecule has 0 aromatic heterocycles. The van der Waals surface area contributed by atoms with Crippen LogP contribution in [0.3, 0.4) is 0 Å². The molecule has 0 unspecified atom stereocenters. The Balaban J connectivity index is 1.90. The van der Waals surface area contributed by atoms with Gasteiger partial charge in [-0.2, -0.15) is 0 Å². The Hall–Kier alpha value is -1.88. The van der Waals surface area contributed by atoms with Crippen LogP contribution in [0.4, 0.5) is 15.8 Å². The number of aryl methyl sites for hydroxylation is 1. The summed E-state index contributed by atoms with van der Waals surface area (Å²) in [6.45, 7) is 1.98. The molecule has 2 aromatic carbocycles. The van der Waals surface area contributed by atoms with Crippen LogP contribution >= 0.6 is 15.9 Å². The van der Waals surface area contributed by atoms with Crippen LogP contribution in [0.25, 0.3) is 0 Å². The Bertz CT molecular complexity index is 614. The van der Waals surface area contributed by atoms with E-state index in [0.717, 1.165) is 11.3 Å². The van der Waals surface area contributed by atoms with E-state index in [1.165, 1.54) is 6.07 Å². The molecule has 2 N–H and O–H groups in total. The van der Waals surface area contributed by atoms with Gasteiger partial charge in [-0.3, -0.25) is 4.79 Å². The highest BCUT2D eigenvalue weighted by atomic mass is 79.9. The second-order valence-electron chi connectivity index (χ2n) is 4.39. The van der Waals surface area contributed by atoms with Crippen molar-refractivity contribution in [1.29, 1.82) is 0 Å². The van der Waals surface area contributed by atoms with Crippen molar-refractivity contribution in [3.05, 3.63) is 58.3 Å². The molecule has 104 valence electrons. The van der Waals surface area contributed by atoms with Gasteiger partial charge in [0.05, 0.1) is 12.2 Å². The molecule has 0 saturated carbocycles. The van der Waals surface area contributed by atoms with Crippen molar-refractivity contribution < 1.29 is 9.18 Å². The molecule has 1 amide bonds. The summed E-state index contributed by atoms with van der Waals surface area (Å²) in [4.78, 5) is 11.7. The number of carbonyl (C=O) groups is 1. The van der Waals surface area contributed by atoms with E-state index >= 15 is 0 Å². The van der Waals surface area contributed by atoms with Gasteiger partial charge >= 0.3 is 0 Å². The van der Waals surface area contributed by atoms with Gasteiger partial charge in [0.25, 0.3) is 0 Å². The average Bonchev–Trinajstić information content (AvgIpc) is 2.40. The van der Waals surface area contributed by atoms with Crippen LogP contribution in [0.2, 0.25) is 0 Å². The second-order valence-corrected chi connectivity index (χ2v) is 5.31. The van der Waals surface area contributed by atoms with Crippen molar-refractivity contribution in [2.24, 2.45) is 0 Å². The molecule has 2 aromatic rings. The molecule has 3 nitrogen and oxygen atoms in total. The van der Waals surface area contributed by atoms with Crippen LogP contribution in [-0.4, -0.2) is 12.5 Å². The van der Waals surface area contributed by atoms with E-state index in [2.05, 4.69) is 26.6 Å². The van der Waals surface area contributed by atoms with E-state index < -0.39 is 5.82 Å². The van der Waals surface area contributed by atoms with Crippen molar-refractivity contribution in [3.63, 3.8) is 0 Å². The van der Waals surface area contributed by atoms with Crippen LogP contribution in [0.5, 0.6) is 0 Å². The minimum atomic E-state index is -0.400. The molecule has 0 aliphatic rings. The molecule has 0 atom stereocenters. The maximum Gasteiger partial charge on any atom is 0.243 e. The SMILES string of the molecule is Cc1ccc(NC(=O)CNc2ccc(Br)cc2F)cc1. The molecule has 20 heavy (non-hydrogen) atoms. The predicted octanol–water partition coefficient (Wildman–Crippen LogP) is 3.95. The standard InChI is InChI=1S/C15H14BrFN2O/c1-10-2-5-12(6-3-10)19-15(20)9-18-14-7-4-11(16)8-13(14)17/h2-8,18H,9H2,1H3,(H,19,20). The first-order valence-electron chi connectivity index (χ1n) is 6.10. The summed E-state index contributed by atoms with van der Waals surface area (Å²) in [5, 5.41) is 5.50. The maximum atomic E-state index is 13.5. The zero-order valence-electron chi connectivity index (χ0n) is 10.9. The summed E-state index contributed by atoms with van der Waals surface area (Å²) < 4.78 is 14.2. The van der Waals surface area contributed by atoms with E-state index in [0.29, 0.717) is 10.2 Å². The van der Waals surface area contributed by atoms with Crippen molar-refractivity contribution >= 4 is 33.2 Å². The molecule has 0 radical (unpaired) electrons. The van der Waals surface area contributed by atoms with Crippen molar-refractivity contribution in [2.75, 3.05) is 17.2 Å². The lowest BCUT2D eigenvalue weighted by Gasteiger charge is -2.09. The summed E-state index contributed by atoms with van der Waals surface area (Å²) in [5.74, 6) is -0.626. The molecular weight excluding hydrogens is 323 g/mol. The second kappa shape index (κ2) is 6.52. The number of hydrogen-bond acceptors (Lipinski definition) is 2. The molecule has 0 bridgehead atoms. The van der Waals surface area contributed by atoms with Crippen molar-refractivity contribution in [2.45, 2.75) is 6.92 Å². The third-order valence-corrected chi connectivity index (χ3v) is 3.20. The molecule has 0 aliphatic heterocycles. The van der Waals surface area contributed by atoms with Gasteiger partial charge in [-0.1, -0.05) is 33.6 Å². The summed E-state index contributed by atoms with van der Waals surface area (Å²) in [6.07, 6.45) is 0. The molecule has 0 spiro atoms. The molecule has 0 heterocycles. The number of amides is 1. The predicted molar refractivity (Wildman–Crippen MR) is 82.4 cm³/mol. The lowest BCUT2D eigenvalue weighted by Crippen LogP contribution is -2.22. The Labute approximate surface area is 125 Å². The first-order chi connectivity index (χ1) is 9.54. The highest BCUT2D eigenvalue weighted by Crippen LogP contribution is 2.19. The first kappa shape index (κ1) is 14.5. The number of nitrogens with one attached hydrogen (secondary N) is 2. The molecule has 0 fully saturated rings. The largest absolute Gasteiger partial charge is 0.374 e. The topological polar surface area (TPSA) is 41.1 Å². The smallest absolute Gasteiger partial charge is 0.243 e. The molecular formula is C15H14BrFN2O. The highest BCUT2D eigenvalue weighted by molar-refractivity contribution is 9.10. The van der Waals surface area contributed by atoms with E-state index in [9.17, 15) is 9.18 Å². The molecule has 0 saturated heterocycles. The van der Waals surface area contributed by atoms with Gasteiger partial charge in [0, 0.05) is 10.2 Å². The third kappa shape index (κ3) is 4.06. The van der Waals surface area contributed by atoms with Gasteiger partial charge in [0.2, 0.25) is 5.91 Å². The lowest BCUT2D eigenvalue weighted by atomic mass is 10.2. The summed E-state index contributed by atoms with van der Waals surface area (Å²) in [7, 11) is 0. The number of rotatable bonds is 4. The van der Waals surface area contributed by atoms with Crippen LogP contribution in [-0.2, 0) is 4.79 Å². The molecule has 2 rings (SSSR count).